The van der Waals surface area contributed by atoms with E-state index in [-0.39, 0.29) is 0 Å². The Labute approximate surface area is 148 Å². The van der Waals surface area contributed by atoms with E-state index in [9.17, 15) is 0 Å². The van der Waals surface area contributed by atoms with E-state index in [0.29, 0.717) is 12.0 Å². The van der Waals surface area contributed by atoms with E-state index in [1.165, 1.54) is 36.8 Å². The largest absolute Gasteiger partial charge is 0.367 e. The lowest BCUT2D eigenvalue weighted by Gasteiger charge is -2.16. The van der Waals surface area contributed by atoms with Gasteiger partial charge in [-0.15, -0.1) is 0 Å². The normalized spacial score (nSPS) is 14.8. The van der Waals surface area contributed by atoms with Crippen LogP contribution in [0.15, 0.2) is 42.5 Å². The number of fused-ring (bicyclic) bond motifs is 1. The fraction of sp³-hybridized carbons (Fsp3) is 0.333. The minimum absolute atomic E-state index is 0.521. The molecule has 4 rings (SSSR count). The van der Waals surface area contributed by atoms with Gasteiger partial charge in [-0.25, -0.2) is 4.98 Å². The summed E-state index contributed by atoms with van der Waals surface area (Å²) in [7, 11) is 0. The van der Waals surface area contributed by atoms with Crippen LogP contribution in [0.3, 0.4) is 0 Å². The van der Waals surface area contributed by atoms with Crippen LogP contribution in [-0.2, 0) is 0 Å². The van der Waals surface area contributed by atoms with Gasteiger partial charge in [0.05, 0.1) is 5.52 Å². The summed E-state index contributed by atoms with van der Waals surface area (Å²) >= 11 is 0. The zero-order valence-electron chi connectivity index (χ0n) is 14.8. The maximum absolute atomic E-state index is 4.79. The van der Waals surface area contributed by atoms with Crippen LogP contribution >= 0.6 is 0 Å². The molecule has 3 aromatic rings. The SMILES string of the molecule is Cc1ccc(Nc2nc(NC3CCCC3)c3ccccc3n2)c(C)c1. The number of hydrogen-bond acceptors (Lipinski definition) is 4. The highest BCUT2D eigenvalue weighted by Crippen LogP contribution is 2.28. The molecule has 1 heterocycles. The number of benzene rings is 2. The first kappa shape index (κ1) is 15.9. The van der Waals surface area contributed by atoms with Gasteiger partial charge < -0.3 is 10.6 Å². The average Bonchev–Trinajstić information content (AvgIpc) is 3.10. The number of rotatable bonds is 4. The molecule has 0 amide bonds. The third kappa shape index (κ3) is 3.43. The second-order valence-electron chi connectivity index (χ2n) is 6.98. The number of para-hydroxylation sites is 1. The van der Waals surface area contributed by atoms with Gasteiger partial charge in [0.15, 0.2) is 0 Å². The third-order valence-electron chi connectivity index (χ3n) is 4.93. The van der Waals surface area contributed by atoms with E-state index in [1.54, 1.807) is 0 Å². The van der Waals surface area contributed by atoms with Gasteiger partial charge >= 0.3 is 0 Å². The second kappa shape index (κ2) is 6.71. The van der Waals surface area contributed by atoms with Gasteiger partial charge in [-0.1, -0.05) is 42.7 Å². The molecule has 1 fully saturated rings. The summed E-state index contributed by atoms with van der Waals surface area (Å²) in [5.41, 5.74) is 4.46. The Kier molecular flexibility index (Phi) is 4.26. The molecular formula is C21H24N4. The predicted molar refractivity (Wildman–Crippen MR) is 105 cm³/mol. The predicted octanol–water partition coefficient (Wildman–Crippen LogP) is 5.34. The van der Waals surface area contributed by atoms with E-state index in [4.69, 9.17) is 9.97 Å². The highest BCUT2D eigenvalue weighted by molar-refractivity contribution is 5.90. The molecule has 1 aliphatic rings. The minimum Gasteiger partial charge on any atom is -0.367 e. The van der Waals surface area contributed by atoms with E-state index in [2.05, 4.69) is 48.7 Å². The summed E-state index contributed by atoms with van der Waals surface area (Å²) in [6.45, 7) is 4.21. The van der Waals surface area contributed by atoms with Crippen molar-refractivity contribution in [3.8, 4) is 0 Å². The fourth-order valence-corrected chi connectivity index (χ4v) is 3.58. The maximum Gasteiger partial charge on any atom is 0.229 e. The molecule has 4 nitrogen and oxygen atoms in total. The van der Waals surface area contributed by atoms with Gasteiger partial charge in [-0.05, 0) is 50.5 Å². The first-order chi connectivity index (χ1) is 12.2. The zero-order chi connectivity index (χ0) is 17.2. The van der Waals surface area contributed by atoms with Gasteiger partial charge in [0.25, 0.3) is 0 Å². The molecule has 0 unspecified atom stereocenters. The molecule has 0 saturated heterocycles. The third-order valence-corrected chi connectivity index (χ3v) is 4.93. The maximum atomic E-state index is 4.79. The molecular weight excluding hydrogens is 308 g/mol. The first-order valence-corrected chi connectivity index (χ1v) is 9.06. The van der Waals surface area contributed by atoms with Crippen molar-refractivity contribution in [1.82, 2.24) is 9.97 Å². The van der Waals surface area contributed by atoms with Gasteiger partial charge in [-0.2, -0.15) is 4.98 Å². The molecule has 128 valence electrons. The summed E-state index contributed by atoms with van der Waals surface area (Å²) in [4.78, 5) is 9.50. The van der Waals surface area contributed by atoms with Gasteiger partial charge in [0, 0.05) is 17.1 Å². The second-order valence-corrected chi connectivity index (χ2v) is 6.98. The fourth-order valence-electron chi connectivity index (χ4n) is 3.58. The number of nitrogens with zero attached hydrogens (tertiary/aromatic N) is 2. The van der Waals surface area contributed by atoms with Gasteiger partial charge in [0.2, 0.25) is 5.95 Å². The zero-order valence-corrected chi connectivity index (χ0v) is 14.8. The molecule has 4 heteroatoms. The van der Waals surface area contributed by atoms with Crippen LogP contribution in [0.25, 0.3) is 10.9 Å². The molecule has 0 bridgehead atoms. The molecule has 1 saturated carbocycles. The Bertz CT molecular complexity index is 898. The van der Waals surface area contributed by atoms with Crippen molar-refractivity contribution in [2.45, 2.75) is 45.6 Å². The number of aryl methyl sites for hydroxylation is 2. The monoisotopic (exact) mass is 332 g/mol. The van der Waals surface area contributed by atoms with Crippen LogP contribution < -0.4 is 10.6 Å². The Morgan fingerprint density at radius 2 is 1.76 bits per heavy atom. The summed E-state index contributed by atoms with van der Waals surface area (Å²) < 4.78 is 0. The van der Waals surface area contributed by atoms with Crippen LogP contribution in [-0.4, -0.2) is 16.0 Å². The molecule has 0 spiro atoms. The summed E-state index contributed by atoms with van der Waals surface area (Å²) in [6, 6.07) is 15.1. The first-order valence-electron chi connectivity index (χ1n) is 9.06. The van der Waals surface area contributed by atoms with E-state index < -0.39 is 0 Å². The van der Waals surface area contributed by atoms with E-state index >= 15 is 0 Å². The quantitative estimate of drug-likeness (QED) is 0.676. The van der Waals surface area contributed by atoms with Crippen molar-refractivity contribution in [2.75, 3.05) is 10.6 Å². The van der Waals surface area contributed by atoms with Crippen LogP contribution in [0.2, 0.25) is 0 Å². The minimum atomic E-state index is 0.521. The summed E-state index contributed by atoms with van der Waals surface area (Å²) in [5, 5.41) is 8.12. The molecule has 1 aliphatic carbocycles. The highest BCUT2D eigenvalue weighted by atomic mass is 15.2. The lowest BCUT2D eigenvalue weighted by Crippen LogP contribution is -2.16. The summed E-state index contributed by atoms with van der Waals surface area (Å²) in [5.74, 6) is 1.58. The molecule has 1 aromatic heterocycles. The molecule has 0 aliphatic heterocycles. The molecule has 0 atom stereocenters. The highest BCUT2D eigenvalue weighted by Gasteiger charge is 2.17. The van der Waals surface area contributed by atoms with Crippen molar-refractivity contribution in [3.05, 3.63) is 53.6 Å². The Morgan fingerprint density at radius 1 is 0.960 bits per heavy atom. The smallest absolute Gasteiger partial charge is 0.229 e. The van der Waals surface area contributed by atoms with Crippen LogP contribution in [0.4, 0.5) is 17.5 Å². The number of aromatic nitrogens is 2. The average molecular weight is 332 g/mol. The van der Waals surface area contributed by atoms with Crippen LogP contribution in [0, 0.1) is 13.8 Å². The Morgan fingerprint density at radius 3 is 2.56 bits per heavy atom. The van der Waals surface area contributed by atoms with Crippen molar-refractivity contribution >= 4 is 28.4 Å². The lowest BCUT2D eigenvalue weighted by atomic mass is 10.1. The van der Waals surface area contributed by atoms with Crippen LogP contribution in [0.1, 0.15) is 36.8 Å². The molecule has 0 radical (unpaired) electrons. The standard InChI is InChI=1S/C21H24N4/c1-14-11-12-18(15(2)13-14)23-21-24-19-10-6-5-9-17(19)20(25-21)22-16-7-3-4-8-16/h5-6,9-13,16H,3-4,7-8H2,1-2H3,(H2,22,23,24,25). The molecule has 2 N–H and O–H groups in total. The lowest BCUT2D eigenvalue weighted by molar-refractivity contribution is 0.752. The Hall–Kier alpha value is -2.62. The topological polar surface area (TPSA) is 49.8 Å². The van der Waals surface area contributed by atoms with Crippen molar-refractivity contribution in [2.24, 2.45) is 0 Å². The Balaban J connectivity index is 1.71. The van der Waals surface area contributed by atoms with E-state index in [1.807, 2.05) is 18.2 Å². The summed E-state index contributed by atoms with van der Waals surface area (Å²) in [6.07, 6.45) is 5.04. The van der Waals surface area contributed by atoms with Crippen molar-refractivity contribution < 1.29 is 0 Å². The van der Waals surface area contributed by atoms with Crippen molar-refractivity contribution in [1.29, 1.82) is 0 Å². The van der Waals surface area contributed by atoms with Gasteiger partial charge in [0.1, 0.15) is 5.82 Å². The van der Waals surface area contributed by atoms with E-state index in [0.717, 1.165) is 22.4 Å². The van der Waals surface area contributed by atoms with Gasteiger partial charge in [-0.3, -0.25) is 0 Å². The van der Waals surface area contributed by atoms with Crippen LogP contribution in [0.5, 0.6) is 0 Å². The number of anilines is 3. The van der Waals surface area contributed by atoms with Crippen molar-refractivity contribution in [3.63, 3.8) is 0 Å². The number of hydrogen-bond donors (Lipinski definition) is 2. The molecule has 2 aromatic carbocycles. The number of nitrogens with one attached hydrogen (secondary N) is 2. The molecule has 25 heavy (non-hydrogen) atoms.